The van der Waals surface area contributed by atoms with Gasteiger partial charge in [0.2, 0.25) is 0 Å². The van der Waals surface area contributed by atoms with Gasteiger partial charge >= 0.3 is 0 Å². The largest absolute Gasteiger partial charge is 0.330 e. The van der Waals surface area contributed by atoms with Crippen LogP contribution in [0.15, 0.2) is 0 Å². The number of carbonyl (C=O) groups excluding carboxylic acids is 1. The van der Waals surface area contributed by atoms with Crippen molar-refractivity contribution in [2.45, 2.75) is 38.5 Å². The fourth-order valence-electron chi connectivity index (χ4n) is 1.77. The van der Waals surface area contributed by atoms with E-state index in [0.717, 1.165) is 12.8 Å². The topological polar surface area (TPSA) is 43.1 Å². The van der Waals surface area contributed by atoms with Gasteiger partial charge in [0.05, 0.1) is 0 Å². The zero-order valence-corrected chi connectivity index (χ0v) is 7.01. The van der Waals surface area contributed by atoms with Crippen LogP contribution < -0.4 is 5.73 Å². The van der Waals surface area contributed by atoms with Crippen molar-refractivity contribution in [2.75, 3.05) is 6.54 Å². The molecule has 0 aromatic rings. The van der Waals surface area contributed by atoms with Gasteiger partial charge < -0.3 is 5.73 Å². The molecule has 2 nitrogen and oxygen atoms in total. The van der Waals surface area contributed by atoms with Gasteiger partial charge in [-0.15, -0.1) is 0 Å². The van der Waals surface area contributed by atoms with Gasteiger partial charge in [-0.3, -0.25) is 4.79 Å². The smallest absolute Gasteiger partial charge is 0.137 e. The molecule has 0 radical (unpaired) electrons. The van der Waals surface area contributed by atoms with Gasteiger partial charge in [-0.1, -0.05) is 19.3 Å². The molecule has 0 aromatic carbocycles. The maximum atomic E-state index is 11.3. The molecule has 1 aliphatic carbocycles. The van der Waals surface area contributed by atoms with Gasteiger partial charge in [0.1, 0.15) is 5.78 Å². The van der Waals surface area contributed by atoms with E-state index in [9.17, 15) is 4.79 Å². The second kappa shape index (κ2) is 4.50. The van der Waals surface area contributed by atoms with Crippen molar-refractivity contribution >= 4 is 5.78 Å². The van der Waals surface area contributed by atoms with Crippen molar-refractivity contribution in [1.82, 2.24) is 0 Å². The van der Waals surface area contributed by atoms with Crippen molar-refractivity contribution in [1.29, 1.82) is 0 Å². The Hall–Kier alpha value is -0.370. The zero-order chi connectivity index (χ0) is 8.10. The summed E-state index contributed by atoms with van der Waals surface area (Å²) in [6.45, 7) is 0.523. The third-order valence-corrected chi connectivity index (χ3v) is 2.45. The highest BCUT2D eigenvalue weighted by molar-refractivity contribution is 5.81. The monoisotopic (exact) mass is 155 g/mol. The molecule has 1 rings (SSSR count). The van der Waals surface area contributed by atoms with E-state index in [2.05, 4.69) is 0 Å². The predicted octanol–water partition coefficient (Wildman–Crippen LogP) is 1.48. The van der Waals surface area contributed by atoms with Gasteiger partial charge in [0.25, 0.3) is 0 Å². The van der Waals surface area contributed by atoms with E-state index in [1.54, 1.807) is 0 Å². The minimum Gasteiger partial charge on any atom is -0.330 e. The molecule has 0 bridgehead atoms. The highest BCUT2D eigenvalue weighted by Crippen LogP contribution is 2.24. The first-order chi connectivity index (χ1) is 5.34. The van der Waals surface area contributed by atoms with Crippen LogP contribution in [0, 0.1) is 5.92 Å². The Morgan fingerprint density at radius 3 is 2.45 bits per heavy atom. The van der Waals surface area contributed by atoms with E-state index in [-0.39, 0.29) is 0 Å². The molecule has 0 heterocycles. The highest BCUT2D eigenvalue weighted by Gasteiger charge is 2.19. The average Bonchev–Trinajstić information content (AvgIpc) is 2.07. The molecule has 11 heavy (non-hydrogen) atoms. The number of Topliss-reactive ketones (excluding diaryl/α,β-unsaturated/α-hetero) is 1. The number of ketones is 1. The summed E-state index contributed by atoms with van der Waals surface area (Å²) in [6.07, 6.45) is 6.59. The van der Waals surface area contributed by atoms with Crippen LogP contribution in [0.25, 0.3) is 0 Å². The summed E-state index contributed by atoms with van der Waals surface area (Å²) in [7, 11) is 0. The zero-order valence-electron chi connectivity index (χ0n) is 7.01. The van der Waals surface area contributed by atoms with E-state index in [1.807, 2.05) is 0 Å². The van der Waals surface area contributed by atoms with Crippen LogP contribution in [0.4, 0.5) is 0 Å². The third kappa shape index (κ3) is 2.62. The predicted molar refractivity (Wildman–Crippen MR) is 45.3 cm³/mol. The molecule has 64 valence electrons. The van der Waals surface area contributed by atoms with Gasteiger partial charge in [-0.2, -0.15) is 0 Å². The molecular weight excluding hydrogens is 138 g/mol. The molecule has 2 N–H and O–H groups in total. The maximum absolute atomic E-state index is 11.3. The van der Waals surface area contributed by atoms with Gasteiger partial charge in [0.15, 0.2) is 0 Å². The first-order valence-electron chi connectivity index (χ1n) is 4.57. The fourth-order valence-corrected chi connectivity index (χ4v) is 1.77. The number of rotatable bonds is 3. The van der Waals surface area contributed by atoms with Crippen LogP contribution in [0.1, 0.15) is 38.5 Å². The van der Waals surface area contributed by atoms with E-state index < -0.39 is 0 Å². The molecule has 1 saturated carbocycles. The quantitative estimate of drug-likeness (QED) is 0.671. The van der Waals surface area contributed by atoms with Crippen LogP contribution >= 0.6 is 0 Å². The first-order valence-corrected chi connectivity index (χ1v) is 4.57. The molecule has 0 spiro atoms. The van der Waals surface area contributed by atoms with Crippen molar-refractivity contribution in [2.24, 2.45) is 11.7 Å². The van der Waals surface area contributed by atoms with Gasteiger partial charge in [-0.25, -0.2) is 0 Å². The molecule has 2 heteroatoms. The van der Waals surface area contributed by atoms with Crippen molar-refractivity contribution in [3.63, 3.8) is 0 Å². The normalized spacial score (nSPS) is 20.1. The standard InChI is InChI=1S/C9H17NO/c10-7-6-9(11)8-4-2-1-3-5-8/h8H,1-7,10H2. The summed E-state index contributed by atoms with van der Waals surface area (Å²) in [6, 6.07) is 0. The Morgan fingerprint density at radius 1 is 1.27 bits per heavy atom. The summed E-state index contributed by atoms with van der Waals surface area (Å²) in [5.41, 5.74) is 5.32. The molecule has 1 fully saturated rings. The summed E-state index contributed by atoms with van der Waals surface area (Å²) < 4.78 is 0. The van der Waals surface area contributed by atoms with Crippen molar-refractivity contribution in [3.8, 4) is 0 Å². The second-order valence-corrected chi connectivity index (χ2v) is 3.34. The SMILES string of the molecule is NCCC(=O)C1CCCCC1. The lowest BCUT2D eigenvalue weighted by molar-refractivity contribution is -0.123. The summed E-state index contributed by atoms with van der Waals surface area (Å²) in [5, 5.41) is 0. The minimum atomic E-state index is 0.354. The van der Waals surface area contributed by atoms with Gasteiger partial charge in [-0.05, 0) is 19.4 Å². The lowest BCUT2D eigenvalue weighted by Gasteiger charge is -2.19. The summed E-state index contributed by atoms with van der Waals surface area (Å²) >= 11 is 0. The maximum Gasteiger partial charge on any atom is 0.137 e. The summed E-state index contributed by atoms with van der Waals surface area (Å²) in [5.74, 6) is 0.750. The van der Waals surface area contributed by atoms with Crippen LogP contribution in [0.5, 0.6) is 0 Å². The van der Waals surface area contributed by atoms with E-state index >= 15 is 0 Å². The van der Waals surface area contributed by atoms with Crippen molar-refractivity contribution in [3.05, 3.63) is 0 Å². The highest BCUT2D eigenvalue weighted by atomic mass is 16.1. The first kappa shape index (κ1) is 8.72. The van der Waals surface area contributed by atoms with E-state index in [1.165, 1.54) is 19.3 Å². The average molecular weight is 155 g/mol. The summed E-state index contributed by atoms with van der Waals surface area (Å²) in [4.78, 5) is 11.3. The molecule has 0 saturated heterocycles. The molecule has 0 amide bonds. The van der Waals surface area contributed by atoms with E-state index in [0.29, 0.717) is 24.7 Å². The van der Waals surface area contributed by atoms with Crippen LogP contribution in [-0.2, 0) is 4.79 Å². The van der Waals surface area contributed by atoms with Crippen LogP contribution in [0.2, 0.25) is 0 Å². The number of hydrogen-bond acceptors (Lipinski definition) is 2. The Morgan fingerprint density at radius 2 is 1.91 bits per heavy atom. The lowest BCUT2D eigenvalue weighted by atomic mass is 9.85. The Bertz CT molecular complexity index is 128. The molecular formula is C9H17NO. The molecule has 0 atom stereocenters. The molecule has 0 unspecified atom stereocenters. The molecule has 0 aromatic heterocycles. The Balaban J connectivity index is 2.27. The van der Waals surface area contributed by atoms with Crippen molar-refractivity contribution < 1.29 is 4.79 Å². The lowest BCUT2D eigenvalue weighted by Crippen LogP contribution is -2.20. The van der Waals surface area contributed by atoms with E-state index in [4.69, 9.17) is 5.73 Å². The Labute approximate surface area is 68.2 Å². The molecule has 1 aliphatic rings. The Kier molecular flexibility index (Phi) is 3.57. The second-order valence-electron chi connectivity index (χ2n) is 3.34. The van der Waals surface area contributed by atoms with Crippen LogP contribution in [-0.4, -0.2) is 12.3 Å². The number of nitrogens with two attached hydrogens (primary N) is 1. The number of hydrogen-bond donors (Lipinski definition) is 1. The third-order valence-electron chi connectivity index (χ3n) is 2.45. The minimum absolute atomic E-state index is 0.354. The molecule has 0 aliphatic heterocycles. The van der Waals surface area contributed by atoms with Gasteiger partial charge in [0, 0.05) is 12.3 Å². The number of carbonyl (C=O) groups is 1. The fraction of sp³-hybridized carbons (Fsp3) is 0.889. The van der Waals surface area contributed by atoms with Crippen LogP contribution in [0.3, 0.4) is 0 Å².